The first kappa shape index (κ1) is 9.09. The molecule has 0 spiro atoms. The Kier molecular flexibility index (Phi) is 3.63. The lowest BCUT2D eigenvalue weighted by atomic mass is 10.2. The van der Waals surface area contributed by atoms with Gasteiger partial charge in [0, 0.05) is 12.7 Å². The van der Waals surface area contributed by atoms with Crippen molar-refractivity contribution >= 4 is 0 Å². The Morgan fingerprint density at radius 2 is 2.50 bits per heavy atom. The predicted molar refractivity (Wildman–Crippen MR) is 47.5 cm³/mol. The molecule has 4 heteroatoms. The van der Waals surface area contributed by atoms with Gasteiger partial charge >= 0.3 is 0 Å². The van der Waals surface area contributed by atoms with Gasteiger partial charge in [0.25, 0.3) is 0 Å². The largest absolute Gasteiger partial charge is 0.329 e. The fourth-order valence-corrected chi connectivity index (χ4v) is 1.06. The lowest BCUT2D eigenvalue weighted by Crippen LogP contribution is -2.28. The van der Waals surface area contributed by atoms with E-state index in [1.165, 1.54) is 6.33 Å². The first-order valence-electron chi connectivity index (χ1n) is 4.07. The van der Waals surface area contributed by atoms with Crippen molar-refractivity contribution in [1.82, 2.24) is 15.3 Å². The van der Waals surface area contributed by atoms with Crippen LogP contribution in [0.3, 0.4) is 0 Å². The van der Waals surface area contributed by atoms with E-state index in [4.69, 9.17) is 5.73 Å². The molecule has 1 aromatic rings. The molecule has 66 valence electrons. The van der Waals surface area contributed by atoms with Crippen LogP contribution in [0.5, 0.6) is 0 Å². The van der Waals surface area contributed by atoms with E-state index in [0.717, 1.165) is 12.2 Å². The second-order valence-electron chi connectivity index (χ2n) is 2.48. The number of nitrogens with two attached hydrogens (primary N) is 1. The van der Waals surface area contributed by atoms with E-state index in [2.05, 4.69) is 15.3 Å². The standard InChI is InChI=1S/C8H14N4/c1-2-11-8(5-9)7-3-4-10-6-12-7/h3-4,6,8,11H,2,5,9H2,1H3. The SMILES string of the molecule is CCNC(CN)c1ccncn1. The summed E-state index contributed by atoms with van der Waals surface area (Å²) in [6, 6.07) is 2.03. The van der Waals surface area contributed by atoms with E-state index in [-0.39, 0.29) is 6.04 Å². The molecule has 0 aromatic carbocycles. The van der Waals surface area contributed by atoms with E-state index >= 15 is 0 Å². The fourth-order valence-electron chi connectivity index (χ4n) is 1.06. The summed E-state index contributed by atoms with van der Waals surface area (Å²) in [7, 11) is 0. The Bertz CT molecular complexity index is 212. The van der Waals surface area contributed by atoms with Crippen molar-refractivity contribution in [2.75, 3.05) is 13.1 Å². The highest BCUT2D eigenvalue weighted by atomic mass is 15.0. The minimum absolute atomic E-state index is 0.151. The Labute approximate surface area is 72.2 Å². The predicted octanol–water partition coefficient (Wildman–Crippen LogP) is 0.0859. The van der Waals surface area contributed by atoms with Crippen molar-refractivity contribution in [3.8, 4) is 0 Å². The summed E-state index contributed by atoms with van der Waals surface area (Å²) in [6.07, 6.45) is 3.26. The molecule has 1 unspecified atom stereocenters. The summed E-state index contributed by atoms with van der Waals surface area (Å²) in [4.78, 5) is 7.96. The van der Waals surface area contributed by atoms with Crippen molar-refractivity contribution in [3.05, 3.63) is 24.3 Å². The molecule has 0 aliphatic heterocycles. The van der Waals surface area contributed by atoms with Gasteiger partial charge in [-0.3, -0.25) is 0 Å². The second-order valence-corrected chi connectivity index (χ2v) is 2.48. The first-order chi connectivity index (χ1) is 5.88. The highest BCUT2D eigenvalue weighted by Gasteiger charge is 2.07. The number of likely N-dealkylation sites (N-methyl/N-ethyl adjacent to an activating group) is 1. The number of aromatic nitrogens is 2. The molecule has 0 saturated carbocycles. The van der Waals surface area contributed by atoms with Gasteiger partial charge < -0.3 is 11.1 Å². The summed E-state index contributed by atoms with van der Waals surface area (Å²) in [5.74, 6) is 0. The number of hydrogen-bond acceptors (Lipinski definition) is 4. The number of nitrogens with zero attached hydrogens (tertiary/aromatic N) is 2. The molecule has 1 rings (SSSR count). The molecule has 3 N–H and O–H groups in total. The van der Waals surface area contributed by atoms with E-state index in [1.54, 1.807) is 6.20 Å². The summed E-state index contributed by atoms with van der Waals surface area (Å²) >= 11 is 0. The number of rotatable bonds is 4. The van der Waals surface area contributed by atoms with Crippen LogP contribution in [0.25, 0.3) is 0 Å². The Morgan fingerprint density at radius 3 is 3.00 bits per heavy atom. The molecule has 0 fully saturated rings. The van der Waals surface area contributed by atoms with Crippen molar-refractivity contribution in [2.24, 2.45) is 5.73 Å². The van der Waals surface area contributed by atoms with Crippen LogP contribution in [-0.2, 0) is 0 Å². The zero-order chi connectivity index (χ0) is 8.81. The Morgan fingerprint density at radius 1 is 1.67 bits per heavy atom. The summed E-state index contributed by atoms with van der Waals surface area (Å²) < 4.78 is 0. The molecule has 1 heterocycles. The molecule has 4 nitrogen and oxygen atoms in total. The molecule has 1 aromatic heterocycles. The molecule has 0 bridgehead atoms. The van der Waals surface area contributed by atoms with Gasteiger partial charge in [-0.05, 0) is 12.6 Å². The van der Waals surface area contributed by atoms with Gasteiger partial charge in [-0.2, -0.15) is 0 Å². The third-order valence-corrected chi connectivity index (χ3v) is 1.65. The molecule has 0 saturated heterocycles. The van der Waals surface area contributed by atoms with Gasteiger partial charge in [0.1, 0.15) is 6.33 Å². The molecule has 0 amide bonds. The van der Waals surface area contributed by atoms with Crippen LogP contribution in [0, 0.1) is 0 Å². The maximum absolute atomic E-state index is 5.57. The molecule has 1 atom stereocenters. The van der Waals surface area contributed by atoms with Crippen LogP contribution in [0.15, 0.2) is 18.6 Å². The van der Waals surface area contributed by atoms with Crippen LogP contribution >= 0.6 is 0 Å². The molecular weight excluding hydrogens is 152 g/mol. The van der Waals surface area contributed by atoms with Gasteiger partial charge in [0.2, 0.25) is 0 Å². The van der Waals surface area contributed by atoms with Crippen LogP contribution in [0.4, 0.5) is 0 Å². The normalized spacial score (nSPS) is 12.8. The van der Waals surface area contributed by atoms with Gasteiger partial charge in [0.05, 0.1) is 11.7 Å². The molecule has 0 radical (unpaired) electrons. The average Bonchev–Trinajstić information content (AvgIpc) is 2.15. The lowest BCUT2D eigenvalue weighted by Gasteiger charge is -2.13. The number of nitrogens with one attached hydrogen (secondary N) is 1. The summed E-state index contributed by atoms with van der Waals surface area (Å²) in [5.41, 5.74) is 6.52. The quantitative estimate of drug-likeness (QED) is 0.665. The van der Waals surface area contributed by atoms with Crippen LogP contribution < -0.4 is 11.1 Å². The zero-order valence-corrected chi connectivity index (χ0v) is 7.20. The minimum atomic E-state index is 0.151. The second kappa shape index (κ2) is 4.79. The van der Waals surface area contributed by atoms with Gasteiger partial charge in [-0.15, -0.1) is 0 Å². The molecule has 12 heavy (non-hydrogen) atoms. The Balaban J connectivity index is 2.66. The van der Waals surface area contributed by atoms with Crippen molar-refractivity contribution < 1.29 is 0 Å². The first-order valence-corrected chi connectivity index (χ1v) is 4.07. The fraction of sp³-hybridized carbons (Fsp3) is 0.500. The summed E-state index contributed by atoms with van der Waals surface area (Å²) in [6.45, 7) is 3.50. The van der Waals surface area contributed by atoms with Crippen molar-refractivity contribution in [2.45, 2.75) is 13.0 Å². The van der Waals surface area contributed by atoms with E-state index in [1.807, 2.05) is 13.0 Å². The number of hydrogen-bond donors (Lipinski definition) is 2. The van der Waals surface area contributed by atoms with Gasteiger partial charge in [0.15, 0.2) is 0 Å². The van der Waals surface area contributed by atoms with E-state index in [9.17, 15) is 0 Å². The van der Waals surface area contributed by atoms with Crippen molar-refractivity contribution in [1.29, 1.82) is 0 Å². The molecular formula is C8H14N4. The topological polar surface area (TPSA) is 63.8 Å². The van der Waals surface area contributed by atoms with Crippen LogP contribution in [-0.4, -0.2) is 23.1 Å². The maximum Gasteiger partial charge on any atom is 0.115 e. The van der Waals surface area contributed by atoms with Crippen LogP contribution in [0.1, 0.15) is 18.7 Å². The molecule has 0 aliphatic rings. The minimum Gasteiger partial charge on any atom is -0.329 e. The van der Waals surface area contributed by atoms with Crippen molar-refractivity contribution in [3.63, 3.8) is 0 Å². The molecule has 0 aliphatic carbocycles. The average molecular weight is 166 g/mol. The van der Waals surface area contributed by atoms with E-state index < -0.39 is 0 Å². The van der Waals surface area contributed by atoms with Gasteiger partial charge in [-0.25, -0.2) is 9.97 Å². The highest BCUT2D eigenvalue weighted by molar-refractivity contribution is 5.04. The third-order valence-electron chi connectivity index (χ3n) is 1.65. The summed E-state index contributed by atoms with van der Waals surface area (Å²) in [5, 5.41) is 3.23. The van der Waals surface area contributed by atoms with E-state index in [0.29, 0.717) is 6.54 Å². The van der Waals surface area contributed by atoms with Crippen LogP contribution in [0.2, 0.25) is 0 Å². The third kappa shape index (κ3) is 2.25. The lowest BCUT2D eigenvalue weighted by molar-refractivity contribution is 0.547. The van der Waals surface area contributed by atoms with Gasteiger partial charge in [-0.1, -0.05) is 6.92 Å². The zero-order valence-electron chi connectivity index (χ0n) is 7.20. The Hall–Kier alpha value is -1.00. The highest BCUT2D eigenvalue weighted by Crippen LogP contribution is 2.05. The smallest absolute Gasteiger partial charge is 0.115 e. The monoisotopic (exact) mass is 166 g/mol. The maximum atomic E-state index is 5.57.